The number of nitrogens with one attached hydrogen (secondary N) is 2. The number of thiocarbonyl (C=S) groups is 1. The largest absolute Gasteiger partial charge is 0.465 e. The monoisotopic (exact) mass is 395 g/mol. The van der Waals surface area contributed by atoms with Gasteiger partial charge in [0.25, 0.3) is 0 Å². The molecule has 150 valence electrons. The third kappa shape index (κ3) is 10.4. The second-order valence-electron chi connectivity index (χ2n) is 6.81. The number of alkyl carbamates (subject to hydrolysis) is 1. The molecule has 1 amide bonds. The first-order valence-electron chi connectivity index (χ1n) is 8.90. The standard InChI is InChI=1S/C19H29N3O4S/c1-5-25-16(23)14-22(13-15-9-7-6-8-10-15)17(27)20-11-12-21-18(24)26-19(2,3)4/h6-10H,5,11-14H2,1-4H3,(H,20,27)(H,21,24). The zero-order valence-corrected chi connectivity index (χ0v) is 17.2. The normalized spacial score (nSPS) is 10.7. The lowest BCUT2D eigenvalue weighted by atomic mass is 10.2. The number of rotatable bonds is 8. The van der Waals surface area contributed by atoms with Crippen LogP contribution in [0.1, 0.15) is 33.3 Å². The van der Waals surface area contributed by atoms with E-state index in [4.69, 9.17) is 21.7 Å². The van der Waals surface area contributed by atoms with Crippen LogP contribution < -0.4 is 10.6 Å². The molecular formula is C19H29N3O4S. The van der Waals surface area contributed by atoms with Crippen molar-refractivity contribution in [2.45, 2.75) is 39.8 Å². The summed E-state index contributed by atoms with van der Waals surface area (Å²) in [6.45, 7) is 8.76. The van der Waals surface area contributed by atoms with Gasteiger partial charge in [0, 0.05) is 19.6 Å². The predicted octanol–water partition coefficient (Wildman–Crippen LogP) is 2.45. The minimum absolute atomic E-state index is 0.0497. The molecule has 0 aliphatic heterocycles. The predicted molar refractivity (Wildman–Crippen MR) is 108 cm³/mol. The van der Waals surface area contributed by atoms with E-state index in [-0.39, 0.29) is 12.5 Å². The average Bonchev–Trinajstić information content (AvgIpc) is 2.57. The molecule has 1 aromatic carbocycles. The molecule has 0 bridgehead atoms. The van der Waals surface area contributed by atoms with Crippen molar-refractivity contribution in [3.63, 3.8) is 0 Å². The Bertz CT molecular complexity index is 617. The first-order chi connectivity index (χ1) is 12.7. The van der Waals surface area contributed by atoms with Crippen LogP contribution in [0.25, 0.3) is 0 Å². The number of carbonyl (C=O) groups excluding carboxylic acids is 2. The van der Waals surface area contributed by atoms with Crippen molar-refractivity contribution in [2.75, 3.05) is 26.2 Å². The van der Waals surface area contributed by atoms with Gasteiger partial charge in [0.2, 0.25) is 0 Å². The van der Waals surface area contributed by atoms with Gasteiger partial charge in [0.1, 0.15) is 12.1 Å². The van der Waals surface area contributed by atoms with E-state index in [2.05, 4.69) is 10.6 Å². The van der Waals surface area contributed by atoms with Crippen LogP contribution in [0.3, 0.4) is 0 Å². The Morgan fingerprint density at radius 2 is 1.74 bits per heavy atom. The molecule has 0 aliphatic rings. The van der Waals surface area contributed by atoms with Crippen molar-refractivity contribution >= 4 is 29.4 Å². The molecule has 2 N–H and O–H groups in total. The number of esters is 1. The van der Waals surface area contributed by atoms with Crippen LogP contribution in [-0.2, 0) is 20.8 Å². The fourth-order valence-electron chi connectivity index (χ4n) is 2.13. The maximum atomic E-state index is 11.9. The Hall–Kier alpha value is -2.35. The second-order valence-corrected chi connectivity index (χ2v) is 7.19. The van der Waals surface area contributed by atoms with Gasteiger partial charge < -0.3 is 25.0 Å². The summed E-state index contributed by atoms with van der Waals surface area (Å²) in [6, 6.07) is 9.71. The lowest BCUT2D eigenvalue weighted by Crippen LogP contribution is -2.45. The van der Waals surface area contributed by atoms with E-state index in [0.29, 0.717) is 31.4 Å². The highest BCUT2D eigenvalue weighted by molar-refractivity contribution is 7.80. The summed E-state index contributed by atoms with van der Waals surface area (Å²) in [7, 11) is 0. The van der Waals surface area contributed by atoms with E-state index in [1.54, 1.807) is 32.6 Å². The Morgan fingerprint density at radius 1 is 1.11 bits per heavy atom. The zero-order valence-electron chi connectivity index (χ0n) is 16.4. The van der Waals surface area contributed by atoms with Crippen molar-refractivity contribution in [1.29, 1.82) is 0 Å². The molecule has 0 radical (unpaired) electrons. The summed E-state index contributed by atoms with van der Waals surface area (Å²) in [5.41, 5.74) is 0.483. The molecule has 0 aromatic heterocycles. The number of hydrogen-bond donors (Lipinski definition) is 2. The van der Waals surface area contributed by atoms with Crippen molar-refractivity contribution in [1.82, 2.24) is 15.5 Å². The van der Waals surface area contributed by atoms with E-state index in [1.165, 1.54) is 0 Å². The smallest absolute Gasteiger partial charge is 0.407 e. The maximum absolute atomic E-state index is 11.9. The van der Waals surface area contributed by atoms with Crippen molar-refractivity contribution in [2.24, 2.45) is 0 Å². The maximum Gasteiger partial charge on any atom is 0.407 e. The fraction of sp³-hybridized carbons (Fsp3) is 0.526. The van der Waals surface area contributed by atoms with Crippen molar-refractivity contribution < 1.29 is 19.1 Å². The van der Waals surface area contributed by atoms with Gasteiger partial charge in [-0.25, -0.2) is 4.79 Å². The van der Waals surface area contributed by atoms with Crippen LogP contribution in [0.15, 0.2) is 30.3 Å². The van der Waals surface area contributed by atoms with Gasteiger partial charge in [-0.1, -0.05) is 30.3 Å². The van der Waals surface area contributed by atoms with Gasteiger partial charge in [-0.15, -0.1) is 0 Å². The second kappa shape index (κ2) is 11.4. The van der Waals surface area contributed by atoms with Gasteiger partial charge in [-0.3, -0.25) is 4.79 Å². The van der Waals surface area contributed by atoms with Crippen LogP contribution in [0.5, 0.6) is 0 Å². The molecular weight excluding hydrogens is 366 g/mol. The highest BCUT2D eigenvalue weighted by Gasteiger charge is 2.17. The number of carbonyl (C=O) groups is 2. The summed E-state index contributed by atoms with van der Waals surface area (Å²) in [5.74, 6) is -0.343. The van der Waals surface area contributed by atoms with Crippen LogP contribution in [0.2, 0.25) is 0 Å². The lowest BCUT2D eigenvalue weighted by Gasteiger charge is -2.25. The SMILES string of the molecule is CCOC(=O)CN(Cc1ccccc1)C(=S)NCCNC(=O)OC(C)(C)C. The number of amides is 1. The first kappa shape index (κ1) is 22.7. The molecule has 0 aliphatic carbocycles. The van der Waals surface area contributed by atoms with Gasteiger partial charge >= 0.3 is 12.1 Å². The molecule has 0 fully saturated rings. The average molecular weight is 396 g/mol. The van der Waals surface area contributed by atoms with Crippen molar-refractivity contribution in [3.05, 3.63) is 35.9 Å². The highest BCUT2D eigenvalue weighted by Crippen LogP contribution is 2.06. The molecule has 0 unspecified atom stereocenters. The van der Waals surface area contributed by atoms with Crippen LogP contribution in [0.4, 0.5) is 4.79 Å². The van der Waals surface area contributed by atoms with Gasteiger partial charge in [-0.05, 0) is 45.5 Å². The quantitative estimate of drug-likeness (QED) is 0.398. The number of benzene rings is 1. The molecule has 1 aromatic rings. The topological polar surface area (TPSA) is 79.9 Å². The third-order valence-electron chi connectivity index (χ3n) is 3.20. The summed E-state index contributed by atoms with van der Waals surface area (Å²) >= 11 is 5.41. The molecule has 27 heavy (non-hydrogen) atoms. The Balaban J connectivity index is 2.52. The Kier molecular flexibility index (Phi) is 9.56. The molecule has 1 rings (SSSR count). The van der Waals surface area contributed by atoms with E-state index < -0.39 is 11.7 Å². The van der Waals surface area contributed by atoms with Crippen LogP contribution in [0, 0.1) is 0 Å². The molecule has 7 nitrogen and oxygen atoms in total. The van der Waals surface area contributed by atoms with E-state index in [9.17, 15) is 9.59 Å². The van der Waals surface area contributed by atoms with Crippen LogP contribution in [-0.4, -0.2) is 53.9 Å². The van der Waals surface area contributed by atoms with E-state index in [1.807, 2.05) is 30.3 Å². The summed E-state index contributed by atoms with van der Waals surface area (Å²) in [6.07, 6.45) is -0.483. The Labute approximate surface area is 166 Å². The van der Waals surface area contributed by atoms with Gasteiger partial charge in [0.05, 0.1) is 6.61 Å². The third-order valence-corrected chi connectivity index (χ3v) is 3.60. The molecule has 0 atom stereocenters. The Morgan fingerprint density at radius 3 is 2.33 bits per heavy atom. The number of hydrogen-bond acceptors (Lipinski definition) is 5. The minimum Gasteiger partial charge on any atom is -0.465 e. The number of nitrogens with zero attached hydrogens (tertiary/aromatic N) is 1. The molecule has 0 heterocycles. The fourth-order valence-corrected chi connectivity index (χ4v) is 2.36. The van der Waals surface area contributed by atoms with Crippen molar-refractivity contribution in [3.8, 4) is 0 Å². The summed E-state index contributed by atoms with van der Waals surface area (Å²) in [4.78, 5) is 25.2. The highest BCUT2D eigenvalue weighted by atomic mass is 32.1. The molecule has 0 saturated carbocycles. The summed E-state index contributed by atoms with van der Waals surface area (Å²) < 4.78 is 10.2. The molecule has 0 saturated heterocycles. The number of ether oxygens (including phenoxy) is 2. The lowest BCUT2D eigenvalue weighted by molar-refractivity contribution is -0.143. The van der Waals surface area contributed by atoms with Crippen LogP contribution >= 0.6 is 12.2 Å². The first-order valence-corrected chi connectivity index (χ1v) is 9.31. The van der Waals surface area contributed by atoms with Gasteiger partial charge in [0.15, 0.2) is 5.11 Å². The minimum atomic E-state index is -0.543. The zero-order chi connectivity index (χ0) is 20.3. The molecule has 8 heteroatoms. The molecule has 0 spiro atoms. The van der Waals surface area contributed by atoms with Gasteiger partial charge in [-0.2, -0.15) is 0 Å². The summed E-state index contributed by atoms with van der Waals surface area (Å²) in [5, 5.41) is 6.11. The van der Waals surface area contributed by atoms with E-state index in [0.717, 1.165) is 5.56 Å². The van der Waals surface area contributed by atoms with E-state index >= 15 is 0 Å².